The lowest BCUT2D eigenvalue weighted by Gasteiger charge is -2.15. The van der Waals surface area contributed by atoms with Gasteiger partial charge < -0.3 is 15.2 Å². The minimum absolute atomic E-state index is 0.138. The molecule has 2 N–H and O–H groups in total. The molecule has 0 unspecified atom stereocenters. The summed E-state index contributed by atoms with van der Waals surface area (Å²) in [6.07, 6.45) is 1.73. The van der Waals surface area contributed by atoms with E-state index in [4.69, 9.17) is 0 Å². The van der Waals surface area contributed by atoms with Gasteiger partial charge >= 0.3 is 0 Å². The highest BCUT2D eigenvalue weighted by Crippen LogP contribution is 2.23. The highest BCUT2D eigenvalue weighted by molar-refractivity contribution is 9.10. The summed E-state index contributed by atoms with van der Waals surface area (Å²) in [5, 5.41) is 15.0. The van der Waals surface area contributed by atoms with E-state index < -0.39 is 0 Å². The molecule has 0 saturated carbocycles. The van der Waals surface area contributed by atoms with Crippen LogP contribution in [-0.4, -0.2) is 32.3 Å². The van der Waals surface area contributed by atoms with E-state index in [0.29, 0.717) is 23.1 Å². The van der Waals surface area contributed by atoms with Crippen molar-refractivity contribution in [3.8, 4) is 0 Å². The molecule has 0 spiro atoms. The van der Waals surface area contributed by atoms with Gasteiger partial charge in [-0.05, 0) is 56.7 Å². The van der Waals surface area contributed by atoms with Crippen molar-refractivity contribution in [3.63, 3.8) is 0 Å². The Morgan fingerprint density at radius 3 is 2.58 bits per heavy atom. The molecule has 0 radical (unpaired) electrons. The Morgan fingerprint density at radius 1 is 1.18 bits per heavy atom. The van der Waals surface area contributed by atoms with E-state index in [-0.39, 0.29) is 23.6 Å². The van der Waals surface area contributed by atoms with Crippen LogP contribution in [0.1, 0.15) is 40.3 Å². The summed E-state index contributed by atoms with van der Waals surface area (Å²) in [5.41, 5.74) is 3.41. The van der Waals surface area contributed by atoms with Crippen molar-refractivity contribution in [1.82, 2.24) is 20.1 Å². The first kappa shape index (κ1) is 24.7. The Hall–Kier alpha value is -2.91. The zero-order valence-electron chi connectivity index (χ0n) is 18.8. The number of allylic oxidation sites excluding steroid dienone is 1. The van der Waals surface area contributed by atoms with Crippen LogP contribution in [0.2, 0.25) is 0 Å². The monoisotopic (exact) mass is 527 g/mol. The number of aryl methyl sites for hydroxylation is 2. The second kappa shape index (κ2) is 11.3. The number of halogens is 1. The molecular weight excluding hydrogens is 502 g/mol. The zero-order chi connectivity index (χ0) is 24.0. The number of thioether (sulfide) groups is 1. The van der Waals surface area contributed by atoms with Crippen LogP contribution in [0, 0.1) is 13.8 Å². The Labute approximate surface area is 206 Å². The summed E-state index contributed by atoms with van der Waals surface area (Å²) in [4.78, 5) is 25.1. The molecular formula is C24H26BrN5O2S. The predicted molar refractivity (Wildman–Crippen MR) is 136 cm³/mol. The number of hydrogen-bond acceptors (Lipinski definition) is 5. The molecule has 0 saturated heterocycles. The number of hydrogen-bond donors (Lipinski definition) is 2. The summed E-state index contributed by atoms with van der Waals surface area (Å²) >= 11 is 4.71. The average molecular weight is 528 g/mol. The first-order chi connectivity index (χ1) is 15.8. The van der Waals surface area contributed by atoms with Crippen molar-refractivity contribution in [1.29, 1.82) is 0 Å². The van der Waals surface area contributed by atoms with Gasteiger partial charge in [-0.1, -0.05) is 51.5 Å². The van der Waals surface area contributed by atoms with Crippen molar-refractivity contribution in [2.75, 3.05) is 11.1 Å². The lowest BCUT2D eigenvalue weighted by Crippen LogP contribution is -2.28. The molecule has 1 heterocycles. The molecule has 9 heteroatoms. The fourth-order valence-corrected chi connectivity index (χ4v) is 4.39. The number of carbonyl (C=O) groups is 2. The van der Waals surface area contributed by atoms with E-state index in [2.05, 4.69) is 43.3 Å². The molecule has 0 aliphatic heterocycles. The second-order valence-corrected chi connectivity index (χ2v) is 9.46. The number of carbonyl (C=O) groups excluding carboxylic acids is 2. The Balaban J connectivity index is 1.66. The summed E-state index contributed by atoms with van der Waals surface area (Å²) in [5.74, 6) is 0.450. The van der Waals surface area contributed by atoms with Gasteiger partial charge in [-0.2, -0.15) is 0 Å². The van der Waals surface area contributed by atoms with Crippen LogP contribution in [0.4, 0.5) is 5.69 Å². The molecule has 1 atom stereocenters. The molecule has 3 rings (SSSR count). The van der Waals surface area contributed by atoms with Gasteiger partial charge in [0.2, 0.25) is 5.91 Å². The normalized spacial score (nSPS) is 11.6. The quantitative estimate of drug-likeness (QED) is 0.299. The van der Waals surface area contributed by atoms with Gasteiger partial charge in [0.25, 0.3) is 5.91 Å². The third kappa shape index (κ3) is 6.55. The van der Waals surface area contributed by atoms with Gasteiger partial charge in [-0.3, -0.25) is 9.59 Å². The maximum absolute atomic E-state index is 12.6. The van der Waals surface area contributed by atoms with Crippen molar-refractivity contribution in [2.45, 2.75) is 38.5 Å². The molecule has 2 amide bonds. The maximum Gasteiger partial charge on any atom is 0.251 e. The molecule has 33 heavy (non-hydrogen) atoms. The van der Waals surface area contributed by atoms with Crippen molar-refractivity contribution < 1.29 is 9.59 Å². The Morgan fingerprint density at radius 2 is 1.91 bits per heavy atom. The molecule has 2 aromatic carbocycles. The molecule has 172 valence electrons. The van der Waals surface area contributed by atoms with Crippen LogP contribution in [0.3, 0.4) is 0 Å². The number of benzene rings is 2. The third-order valence-corrected chi connectivity index (χ3v) is 6.36. The van der Waals surface area contributed by atoms with E-state index >= 15 is 0 Å². The molecule has 0 bridgehead atoms. The van der Waals surface area contributed by atoms with E-state index in [1.807, 2.05) is 55.7 Å². The summed E-state index contributed by atoms with van der Waals surface area (Å²) in [7, 11) is 0. The highest BCUT2D eigenvalue weighted by atomic mass is 79.9. The van der Waals surface area contributed by atoms with Crippen molar-refractivity contribution >= 4 is 45.2 Å². The Kier molecular flexibility index (Phi) is 8.46. The first-order valence-corrected chi connectivity index (χ1v) is 12.2. The van der Waals surface area contributed by atoms with Gasteiger partial charge in [0.05, 0.1) is 11.8 Å². The number of amides is 2. The maximum atomic E-state index is 12.6. The SMILES string of the molecule is C=CCn1c(SCC(=O)Nc2ccc(Br)cc2C)nnc1[C@@H](C)NC(=O)c1ccc(C)cc1. The van der Waals surface area contributed by atoms with Crippen LogP contribution >= 0.6 is 27.7 Å². The Bertz CT molecular complexity index is 1160. The second-order valence-electron chi connectivity index (χ2n) is 7.60. The van der Waals surface area contributed by atoms with Crippen LogP contribution in [-0.2, 0) is 11.3 Å². The van der Waals surface area contributed by atoms with Crippen molar-refractivity contribution in [2.24, 2.45) is 0 Å². The fraction of sp³-hybridized carbons (Fsp3) is 0.250. The molecule has 3 aromatic rings. The topological polar surface area (TPSA) is 88.9 Å². The van der Waals surface area contributed by atoms with Crippen LogP contribution in [0.25, 0.3) is 0 Å². The van der Waals surface area contributed by atoms with Gasteiger partial charge in [0.15, 0.2) is 11.0 Å². The van der Waals surface area contributed by atoms with E-state index in [9.17, 15) is 9.59 Å². The lowest BCUT2D eigenvalue weighted by molar-refractivity contribution is -0.113. The van der Waals surface area contributed by atoms with Gasteiger partial charge in [0, 0.05) is 22.3 Å². The zero-order valence-corrected chi connectivity index (χ0v) is 21.2. The third-order valence-electron chi connectivity index (χ3n) is 4.90. The predicted octanol–water partition coefficient (Wildman–Crippen LogP) is 5.07. The van der Waals surface area contributed by atoms with Crippen LogP contribution < -0.4 is 10.6 Å². The summed E-state index contributed by atoms with van der Waals surface area (Å²) in [6, 6.07) is 12.7. The van der Waals surface area contributed by atoms with Crippen LogP contribution in [0.5, 0.6) is 0 Å². The van der Waals surface area contributed by atoms with Gasteiger partial charge in [-0.25, -0.2) is 0 Å². The van der Waals surface area contributed by atoms with E-state index in [1.165, 1.54) is 11.8 Å². The number of nitrogens with zero attached hydrogens (tertiary/aromatic N) is 3. The highest BCUT2D eigenvalue weighted by Gasteiger charge is 2.20. The average Bonchev–Trinajstić information content (AvgIpc) is 3.17. The van der Waals surface area contributed by atoms with Gasteiger partial charge in [0.1, 0.15) is 0 Å². The van der Waals surface area contributed by atoms with Gasteiger partial charge in [-0.15, -0.1) is 16.8 Å². The molecule has 0 aliphatic carbocycles. The molecule has 7 nitrogen and oxygen atoms in total. The fourth-order valence-electron chi connectivity index (χ4n) is 3.16. The standard InChI is InChI=1S/C24H26BrN5O2S/c1-5-12-30-22(17(4)26-23(32)18-8-6-15(2)7-9-18)28-29-24(30)33-14-21(31)27-20-11-10-19(25)13-16(20)3/h5-11,13,17H,1,12,14H2,2-4H3,(H,26,32)(H,27,31)/t17-/m1/s1. The molecule has 0 aliphatic rings. The number of aromatic nitrogens is 3. The lowest BCUT2D eigenvalue weighted by atomic mass is 10.1. The first-order valence-electron chi connectivity index (χ1n) is 10.4. The summed E-state index contributed by atoms with van der Waals surface area (Å²) < 4.78 is 2.82. The minimum Gasteiger partial charge on any atom is -0.342 e. The van der Waals surface area contributed by atoms with E-state index in [1.54, 1.807) is 18.2 Å². The summed E-state index contributed by atoms with van der Waals surface area (Å²) in [6.45, 7) is 10.0. The smallest absolute Gasteiger partial charge is 0.251 e. The largest absolute Gasteiger partial charge is 0.342 e. The van der Waals surface area contributed by atoms with Crippen LogP contribution in [0.15, 0.2) is 64.7 Å². The number of nitrogens with one attached hydrogen (secondary N) is 2. The van der Waals surface area contributed by atoms with E-state index in [0.717, 1.165) is 21.3 Å². The number of rotatable bonds is 9. The minimum atomic E-state index is -0.375. The molecule has 0 fully saturated rings. The van der Waals surface area contributed by atoms with Crippen molar-refractivity contribution in [3.05, 3.63) is 82.1 Å². The number of anilines is 1. The molecule has 1 aromatic heterocycles.